The van der Waals surface area contributed by atoms with Gasteiger partial charge in [-0.2, -0.15) is 4.31 Å². The number of hydrogen-bond donors (Lipinski definition) is 2. The summed E-state index contributed by atoms with van der Waals surface area (Å²) >= 11 is 0. The van der Waals surface area contributed by atoms with Gasteiger partial charge in [-0.3, -0.25) is 9.59 Å². The molecule has 36 heavy (non-hydrogen) atoms. The van der Waals surface area contributed by atoms with Crippen LogP contribution in [0.1, 0.15) is 48.9 Å². The van der Waals surface area contributed by atoms with E-state index >= 15 is 0 Å². The zero-order chi connectivity index (χ0) is 25.1. The Morgan fingerprint density at radius 1 is 0.750 bits per heavy atom. The van der Waals surface area contributed by atoms with Crippen LogP contribution in [-0.4, -0.2) is 49.2 Å². The van der Waals surface area contributed by atoms with E-state index in [2.05, 4.69) is 10.6 Å². The van der Waals surface area contributed by atoms with E-state index in [-0.39, 0.29) is 28.8 Å². The number of benzene rings is 3. The van der Waals surface area contributed by atoms with E-state index in [1.807, 2.05) is 48.5 Å². The van der Waals surface area contributed by atoms with Crippen molar-refractivity contribution in [2.24, 2.45) is 0 Å². The Labute approximate surface area is 211 Å². The molecule has 5 rings (SSSR count). The summed E-state index contributed by atoms with van der Waals surface area (Å²) < 4.78 is 28.6. The van der Waals surface area contributed by atoms with Gasteiger partial charge in [0.2, 0.25) is 15.9 Å². The van der Waals surface area contributed by atoms with Crippen LogP contribution in [0.2, 0.25) is 0 Å². The number of nitrogens with one attached hydrogen (secondary N) is 2. The molecule has 1 heterocycles. The lowest BCUT2D eigenvalue weighted by molar-refractivity contribution is -0.125. The van der Waals surface area contributed by atoms with Crippen LogP contribution in [0.4, 0.5) is 0 Å². The highest BCUT2D eigenvalue weighted by atomic mass is 32.2. The molecule has 188 valence electrons. The lowest BCUT2D eigenvalue weighted by Crippen LogP contribution is -2.50. The molecule has 0 unspecified atom stereocenters. The first kappa shape index (κ1) is 24.5. The summed E-state index contributed by atoms with van der Waals surface area (Å²) in [6.45, 7) is 0.335. The SMILES string of the molecule is O=C(NC1CCC(NC(=O)[C@@H]2CCCN2S(=O)(=O)c2cccc3ccccc23)CC1)c1ccccc1. The van der Waals surface area contributed by atoms with Crippen molar-refractivity contribution in [1.82, 2.24) is 14.9 Å². The van der Waals surface area contributed by atoms with Crippen molar-refractivity contribution >= 4 is 32.6 Å². The Kier molecular flexibility index (Phi) is 7.07. The maximum atomic E-state index is 13.6. The van der Waals surface area contributed by atoms with Gasteiger partial charge in [-0.1, -0.05) is 54.6 Å². The molecule has 1 atom stereocenters. The first-order chi connectivity index (χ1) is 17.4. The molecule has 2 N–H and O–H groups in total. The van der Waals surface area contributed by atoms with Gasteiger partial charge in [0.15, 0.2) is 0 Å². The van der Waals surface area contributed by atoms with Crippen LogP contribution in [0.5, 0.6) is 0 Å². The molecular formula is C28H31N3O4S. The van der Waals surface area contributed by atoms with Gasteiger partial charge in [0.1, 0.15) is 6.04 Å². The first-order valence-electron chi connectivity index (χ1n) is 12.6. The van der Waals surface area contributed by atoms with E-state index in [1.54, 1.807) is 24.3 Å². The zero-order valence-corrected chi connectivity index (χ0v) is 20.9. The van der Waals surface area contributed by atoms with Gasteiger partial charge in [-0.05, 0) is 62.1 Å². The van der Waals surface area contributed by atoms with Crippen molar-refractivity contribution in [2.75, 3.05) is 6.54 Å². The molecule has 3 aromatic rings. The second-order valence-corrected chi connectivity index (χ2v) is 11.5. The average molecular weight is 506 g/mol. The monoisotopic (exact) mass is 505 g/mol. The third-order valence-corrected chi connectivity index (χ3v) is 9.25. The van der Waals surface area contributed by atoms with Crippen molar-refractivity contribution in [3.05, 3.63) is 78.4 Å². The molecule has 3 aromatic carbocycles. The minimum Gasteiger partial charge on any atom is -0.352 e. The van der Waals surface area contributed by atoms with Crippen LogP contribution in [0.15, 0.2) is 77.7 Å². The number of fused-ring (bicyclic) bond motifs is 1. The fourth-order valence-corrected chi connectivity index (χ4v) is 7.25. The van der Waals surface area contributed by atoms with Crippen LogP contribution in [0.3, 0.4) is 0 Å². The van der Waals surface area contributed by atoms with Crippen molar-refractivity contribution in [3.8, 4) is 0 Å². The third kappa shape index (κ3) is 5.01. The lowest BCUT2D eigenvalue weighted by Gasteiger charge is -2.31. The first-order valence-corrected chi connectivity index (χ1v) is 14.0. The number of carbonyl (C=O) groups excluding carboxylic acids is 2. The minimum absolute atomic E-state index is 0.0231. The minimum atomic E-state index is -3.82. The van der Waals surface area contributed by atoms with Gasteiger partial charge in [-0.25, -0.2) is 8.42 Å². The molecule has 2 aliphatic rings. The molecule has 7 nitrogen and oxygen atoms in total. The van der Waals surface area contributed by atoms with Gasteiger partial charge in [0.25, 0.3) is 5.91 Å². The summed E-state index contributed by atoms with van der Waals surface area (Å²) in [6.07, 6.45) is 4.19. The molecule has 2 amide bonds. The normalized spacial score (nSPS) is 22.8. The van der Waals surface area contributed by atoms with Gasteiger partial charge in [0.05, 0.1) is 4.90 Å². The number of carbonyl (C=O) groups is 2. The Balaban J connectivity index is 1.21. The molecule has 2 fully saturated rings. The van der Waals surface area contributed by atoms with E-state index in [0.717, 1.165) is 31.1 Å². The van der Waals surface area contributed by atoms with Crippen LogP contribution < -0.4 is 10.6 Å². The molecule has 1 saturated heterocycles. The number of amides is 2. The fourth-order valence-electron chi connectivity index (χ4n) is 5.37. The number of rotatable bonds is 6. The van der Waals surface area contributed by atoms with Gasteiger partial charge in [-0.15, -0.1) is 0 Å². The smallest absolute Gasteiger partial charge is 0.251 e. The third-order valence-electron chi connectivity index (χ3n) is 7.29. The predicted molar refractivity (Wildman–Crippen MR) is 139 cm³/mol. The number of sulfonamides is 1. The Morgan fingerprint density at radius 3 is 2.14 bits per heavy atom. The van der Waals surface area contributed by atoms with E-state index in [9.17, 15) is 18.0 Å². The summed E-state index contributed by atoms with van der Waals surface area (Å²) in [6, 6.07) is 21.2. The quantitative estimate of drug-likeness (QED) is 0.532. The molecule has 1 saturated carbocycles. The fraction of sp³-hybridized carbons (Fsp3) is 0.357. The van der Waals surface area contributed by atoms with Gasteiger partial charge in [0, 0.05) is 29.6 Å². The van der Waals surface area contributed by atoms with Gasteiger partial charge >= 0.3 is 0 Å². The van der Waals surface area contributed by atoms with Crippen molar-refractivity contribution in [1.29, 1.82) is 0 Å². The highest BCUT2D eigenvalue weighted by Crippen LogP contribution is 2.31. The summed E-state index contributed by atoms with van der Waals surface area (Å²) in [5, 5.41) is 7.71. The van der Waals surface area contributed by atoms with Crippen LogP contribution in [0.25, 0.3) is 10.8 Å². The maximum absolute atomic E-state index is 13.6. The van der Waals surface area contributed by atoms with Crippen molar-refractivity contribution < 1.29 is 18.0 Å². The zero-order valence-electron chi connectivity index (χ0n) is 20.1. The molecule has 1 aliphatic heterocycles. The Hall–Kier alpha value is -3.23. The van der Waals surface area contributed by atoms with E-state index < -0.39 is 16.1 Å². The molecule has 8 heteroatoms. The van der Waals surface area contributed by atoms with Gasteiger partial charge < -0.3 is 10.6 Å². The molecule has 0 spiro atoms. The average Bonchev–Trinajstić information content (AvgIpc) is 3.41. The highest BCUT2D eigenvalue weighted by Gasteiger charge is 2.40. The molecule has 1 aliphatic carbocycles. The largest absolute Gasteiger partial charge is 0.352 e. The van der Waals surface area contributed by atoms with E-state index in [0.29, 0.717) is 30.3 Å². The van der Waals surface area contributed by atoms with Crippen LogP contribution in [-0.2, 0) is 14.8 Å². The summed E-state index contributed by atoms with van der Waals surface area (Å²) in [7, 11) is -3.82. The standard InChI is InChI=1S/C28H31N3O4S/c32-27(21-9-2-1-3-10-21)29-22-15-17-23(18-16-22)30-28(33)25-13-7-19-31(25)36(34,35)26-14-6-11-20-8-4-5-12-24(20)26/h1-6,8-12,14,22-23,25H,7,13,15-19H2,(H,29,32)(H,30,33)/t22?,23?,25-/m0/s1. The second-order valence-electron chi connectivity index (χ2n) is 9.65. The number of nitrogens with zero attached hydrogens (tertiary/aromatic N) is 1. The number of hydrogen-bond acceptors (Lipinski definition) is 4. The molecule has 0 bridgehead atoms. The maximum Gasteiger partial charge on any atom is 0.251 e. The van der Waals surface area contributed by atoms with E-state index in [4.69, 9.17) is 0 Å². The molecule has 0 aromatic heterocycles. The summed E-state index contributed by atoms with van der Waals surface area (Å²) in [5.41, 5.74) is 0.640. The topological polar surface area (TPSA) is 95.6 Å². The summed E-state index contributed by atoms with van der Waals surface area (Å²) in [4.78, 5) is 25.9. The van der Waals surface area contributed by atoms with Crippen molar-refractivity contribution in [3.63, 3.8) is 0 Å². The van der Waals surface area contributed by atoms with Crippen molar-refractivity contribution in [2.45, 2.75) is 61.5 Å². The Bertz CT molecular complexity index is 1350. The predicted octanol–water partition coefficient (Wildman–Crippen LogP) is 3.85. The highest BCUT2D eigenvalue weighted by molar-refractivity contribution is 7.89. The molecule has 0 radical (unpaired) electrons. The lowest BCUT2D eigenvalue weighted by atomic mass is 9.90. The van der Waals surface area contributed by atoms with Crippen LogP contribution >= 0.6 is 0 Å². The van der Waals surface area contributed by atoms with Crippen LogP contribution in [0, 0.1) is 0 Å². The second kappa shape index (κ2) is 10.4. The Morgan fingerprint density at radius 2 is 1.39 bits per heavy atom. The summed E-state index contributed by atoms with van der Waals surface area (Å²) in [5.74, 6) is -0.309. The van der Waals surface area contributed by atoms with E-state index in [1.165, 1.54) is 4.31 Å². The molecular weight excluding hydrogens is 474 g/mol.